The van der Waals surface area contributed by atoms with E-state index in [9.17, 15) is 19.8 Å². The molecule has 1 aliphatic heterocycles. The van der Waals surface area contributed by atoms with Gasteiger partial charge in [-0.05, 0) is 48.7 Å². The summed E-state index contributed by atoms with van der Waals surface area (Å²) in [6.07, 6.45) is -2.00. The Bertz CT molecular complexity index is 1010. The van der Waals surface area contributed by atoms with E-state index in [1.54, 1.807) is 42.5 Å². The topological polar surface area (TPSA) is 77.8 Å². The van der Waals surface area contributed by atoms with Crippen molar-refractivity contribution < 1.29 is 19.8 Å². The zero-order valence-corrected chi connectivity index (χ0v) is 18.3. The summed E-state index contributed by atoms with van der Waals surface area (Å²) in [5.74, 6) is 4.45. The number of carbonyl (C=O) groups is 2. The summed E-state index contributed by atoms with van der Waals surface area (Å²) in [5, 5.41) is 21.7. The van der Waals surface area contributed by atoms with E-state index in [1.165, 1.54) is 4.90 Å². The Labute approximate surface area is 191 Å². The first kappa shape index (κ1) is 23.3. The normalized spacial score (nSPS) is 17.5. The van der Waals surface area contributed by atoms with Crippen LogP contribution in [0.1, 0.15) is 42.9 Å². The summed E-state index contributed by atoms with van der Waals surface area (Å²) in [7, 11) is 0. The second-order valence-corrected chi connectivity index (χ2v) is 8.29. The van der Waals surface area contributed by atoms with Crippen molar-refractivity contribution in [3.63, 3.8) is 0 Å². The number of hydrogen-bond donors (Lipinski definition) is 2. The van der Waals surface area contributed by atoms with Crippen LogP contribution in [0.15, 0.2) is 48.5 Å². The highest BCUT2D eigenvalue weighted by atomic mass is 35.5. The lowest BCUT2D eigenvalue weighted by Gasteiger charge is -2.28. The zero-order valence-electron chi connectivity index (χ0n) is 16.8. The summed E-state index contributed by atoms with van der Waals surface area (Å²) >= 11 is 12.0. The van der Waals surface area contributed by atoms with Gasteiger partial charge in [0.1, 0.15) is 6.10 Å². The smallest absolute Gasteiger partial charge is 0.255 e. The van der Waals surface area contributed by atoms with Crippen molar-refractivity contribution in [2.24, 2.45) is 0 Å². The van der Waals surface area contributed by atoms with Crippen LogP contribution in [-0.2, 0) is 9.59 Å². The Hall–Kier alpha value is -2.36. The van der Waals surface area contributed by atoms with Gasteiger partial charge in [0, 0.05) is 35.0 Å². The van der Waals surface area contributed by atoms with Crippen LogP contribution in [0.25, 0.3) is 0 Å². The fraction of sp³-hybridized carbons (Fsp3) is 0.333. The maximum Gasteiger partial charge on any atom is 0.255 e. The molecule has 1 fully saturated rings. The van der Waals surface area contributed by atoms with Crippen molar-refractivity contribution in [2.75, 3.05) is 6.54 Å². The fourth-order valence-electron chi connectivity index (χ4n) is 3.64. The Morgan fingerprint density at radius 2 is 1.77 bits per heavy atom. The average molecular weight is 460 g/mol. The number of ketones is 1. The SMILES string of the molecule is O=C(CCC#Cc1cccc(Cl)c1)[C@H](O)[C@@H](O)C(=O)N1CCCC1c1cccc(Cl)c1. The predicted octanol–water partition coefficient (Wildman–Crippen LogP) is 3.78. The lowest BCUT2D eigenvalue weighted by molar-refractivity contribution is -0.153. The van der Waals surface area contributed by atoms with Gasteiger partial charge in [0.2, 0.25) is 0 Å². The summed E-state index contributed by atoms with van der Waals surface area (Å²) < 4.78 is 0. The Morgan fingerprint density at radius 1 is 1.06 bits per heavy atom. The van der Waals surface area contributed by atoms with Gasteiger partial charge >= 0.3 is 0 Å². The van der Waals surface area contributed by atoms with Crippen molar-refractivity contribution in [3.8, 4) is 11.8 Å². The average Bonchev–Trinajstić information content (AvgIpc) is 3.25. The number of benzene rings is 2. The van der Waals surface area contributed by atoms with Gasteiger partial charge in [0.25, 0.3) is 5.91 Å². The van der Waals surface area contributed by atoms with E-state index in [0.717, 1.165) is 24.0 Å². The molecule has 3 rings (SSSR count). The van der Waals surface area contributed by atoms with Crippen LogP contribution >= 0.6 is 23.2 Å². The Balaban J connectivity index is 1.57. The number of halogens is 2. The number of nitrogens with zero attached hydrogens (tertiary/aromatic N) is 1. The van der Waals surface area contributed by atoms with E-state index in [2.05, 4.69) is 11.8 Å². The minimum absolute atomic E-state index is 0.0726. The lowest BCUT2D eigenvalue weighted by Crippen LogP contribution is -2.47. The largest absolute Gasteiger partial charge is 0.382 e. The molecular weight excluding hydrogens is 437 g/mol. The number of carbonyl (C=O) groups excluding carboxylic acids is 2. The quantitative estimate of drug-likeness (QED) is 0.644. The van der Waals surface area contributed by atoms with Gasteiger partial charge in [0.05, 0.1) is 6.04 Å². The van der Waals surface area contributed by atoms with Crippen LogP contribution in [0, 0.1) is 11.8 Å². The van der Waals surface area contributed by atoms with Crippen LogP contribution in [0.5, 0.6) is 0 Å². The van der Waals surface area contributed by atoms with E-state index in [4.69, 9.17) is 23.2 Å². The minimum Gasteiger partial charge on any atom is -0.382 e. The third-order valence-corrected chi connectivity index (χ3v) is 5.68. The predicted molar refractivity (Wildman–Crippen MR) is 120 cm³/mol. The summed E-state index contributed by atoms with van der Waals surface area (Å²) in [4.78, 5) is 26.6. The number of aliphatic hydroxyl groups is 2. The van der Waals surface area contributed by atoms with Crippen molar-refractivity contribution in [1.29, 1.82) is 0 Å². The molecule has 2 aromatic carbocycles. The van der Waals surface area contributed by atoms with Crippen LogP contribution in [0.4, 0.5) is 0 Å². The number of rotatable bonds is 6. The number of aliphatic hydroxyl groups excluding tert-OH is 2. The lowest BCUT2D eigenvalue weighted by atomic mass is 10.0. The number of hydrogen-bond acceptors (Lipinski definition) is 4. The standard InChI is InChI=1S/C24H23Cl2NO4/c25-18-9-3-7-16(14-18)6-1-2-12-21(28)22(29)23(30)24(31)27-13-5-11-20(27)17-8-4-10-19(26)15-17/h3-4,7-10,14-15,20,22-23,29-30H,2,5,11-13H2/t20?,22-,23+/m0/s1. The second kappa shape index (κ2) is 10.8. The third-order valence-electron chi connectivity index (χ3n) is 5.21. The number of Topliss-reactive ketones (excluding diaryl/α,β-unsaturated/α-hetero) is 1. The molecule has 1 heterocycles. The summed E-state index contributed by atoms with van der Waals surface area (Å²) in [5.41, 5.74) is 1.58. The fourth-order valence-corrected chi connectivity index (χ4v) is 4.03. The molecule has 5 nitrogen and oxygen atoms in total. The van der Waals surface area contributed by atoms with Crippen LogP contribution in [-0.4, -0.2) is 45.6 Å². The molecule has 0 aromatic heterocycles. The first-order chi connectivity index (χ1) is 14.9. The Kier molecular flexibility index (Phi) is 8.11. The molecule has 162 valence electrons. The molecule has 7 heteroatoms. The second-order valence-electron chi connectivity index (χ2n) is 7.41. The zero-order chi connectivity index (χ0) is 22.4. The maximum atomic E-state index is 12.8. The Morgan fingerprint density at radius 3 is 2.48 bits per heavy atom. The maximum absolute atomic E-state index is 12.8. The highest BCUT2D eigenvalue weighted by Gasteiger charge is 2.38. The van der Waals surface area contributed by atoms with Gasteiger partial charge in [-0.15, -0.1) is 0 Å². The van der Waals surface area contributed by atoms with E-state index < -0.39 is 23.9 Å². The number of amides is 1. The molecule has 3 atom stereocenters. The van der Waals surface area contributed by atoms with Gasteiger partial charge in [-0.1, -0.05) is 53.2 Å². The van der Waals surface area contributed by atoms with Crippen LogP contribution in [0.2, 0.25) is 10.0 Å². The van der Waals surface area contributed by atoms with Crippen LogP contribution < -0.4 is 0 Å². The van der Waals surface area contributed by atoms with Crippen molar-refractivity contribution in [2.45, 2.75) is 43.9 Å². The molecule has 1 unspecified atom stereocenters. The van der Waals surface area contributed by atoms with Crippen molar-refractivity contribution in [1.82, 2.24) is 4.90 Å². The molecule has 1 aliphatic rings. The molecule has 0 radical (unpaired) electrons. The summed E-state index contributed by atoms with van der Waals surface area (Å²) in [6, 6.07) is 14.0. The molecule has 0 spiro atoms. The highest BCUT2D eigenvalue weighted by Crippen LogP contribution is 2.33. The molecule has 0 saturated carbocycles. The van der Waals surface area contributed by atoms with Gasteiger partial charge in [-0.25, -0.2) is 0 Å². The molecule has 31 heavy (non-hydrogen) atoms. The molecule has 0 bridgehead atoms. The van der Waals surface area contributed by atoms with Gasteiger partial charge in [-0.2, -0.15) is 0 Å². The molecule has 0 aliphatic carbocycles. The van der Waals surface area contributed by atoms with Gasteiger partial charge < -0.3 is 15.1 Å². The first-order valence-corrected chi connectivity index (χ1v) is 10.8. The van der Waals surface area contributed by atoms with Crippen molar-refractivity contribution in [3.05, 3.63) is 69.7 Å². The third kappa shape index (κ3) is 6.09. The van der Waals surface area contributed by atoms with Crippen LogP contribution in [0.3, 0.4) is 0 Å². The summed E-state index contributed by atoms with van der Waals surface area (Å²) in [6.45, 7) is 0.444. The molecular formula is C24H23Cl2NO4. The molecule has 1 amide bonds. The van der Waals surface area contributed by atoms with Crippen molar-refractivity contribution >= 4 is 34.9 Å². The molecule has 2 N–H and O–H groups in total. The minimum atomic E-state index is -1.81. The highest BCUT2D eigenvalue weighted by molar-refractivity contribution is 6.30. The monoisotopic (exact) mass is 459 g/mol. The van der Waals surface area contributed by atoms with E-state index in [-0.39, 0.29) is 18.9 Å². The molecule has 1 saturated heterocycles. The van der Waals surface area contributed by atoms with Gasteiger partial charge in [-0.3, -0.25) is 9.59 Å². The first-order valence-electron chi connectivity index (χ1n) is 10.1. The van der Waals surface area contributed by atoms with E-state index in [0.29, 0.717) is 16.6 Å². The van der Waals surface area contributed by atoms with Gasteiger partial charge in [0.15, 0.2) is 11.9 Å². The number of likely N-dealkylation sites (tertiary alicyclic amines) is 1. The molecule has 2 aromatic rings. The van der Waals surface area contributed by atoms with E-state index in [1.807, 2.05) is 6.07 Å². The van der Waals surface area contributed by atoms with E-state index >= 15 is 0 Å².